The molecule has 0 atom stereocenters. The van der Waals surface area contributed by atoms with E-state index in [-0.39, 0.29) is 27.7 Å². The van der Waals surface area contributed by atoms with Gasteiger partial charge in [-0.25, -0.2) is 13.1 Å². The van der Waals surface area contributed by atoms with Crippen LogP contribution in [0.1, 0.15) is 17.0 Å². The molecule has 1 aromatic heterocycles. The lowest BCUT2D eigenvalue weighted by molar-refractivity contribution is -0.385. The van der Waals surface area contributed by atoms with Crippen molar-refractivity contribution >= 4 is 27.3 Å². The van der Waals surface area contributed by atoms with Gasteiger partial charge in [-0.15, -0.1) is 0 Å². The van der Waals surface area contributed by atoms with Crippen LogP contribution in [0, 0.1) is 24.0 Å². The van der Waals surface area contributed by atoms with Crippen molar-refractivity contribution in [2.24, 2.45) is 7.05 Å². The second-order valence-corrected chi connectivity index (χ2v) is 7.33. The summed E-state index contributed by atoms with van der Waals surface area (Å²) in [5, 5.41) is 11.0. The van der Waals surface area contributed by atoms with E-state index in [0.29, 0.717) is 0 Å². The highest BCUT2D eigenvalue weighted by Crippen LogP contribution is 2.29. The molecule has 0 fully saturated rings. The molecule has 0 amide bonds. The molecule has 9 heteroatoms. The molecule has 2 aromatic rings. The number of aromatic nitrogens is 1. The van der Waals surface area contributed by atoms with Gasteiger partial charge in [0.2, 0.25) is 10.0 Å². The van der Waals surface area contributed by atoms with E-state index < -0.39 is 14.9 Å². The lowest BCUT2D eigenvalue weighted by Gasteiger charge is -2.10. The van der Waals surface area contributed by atoms with E-state index in [4.69, 9.17) is 11.6 Å². The van der Waals surface area contributed by atoms with Crippen LogP contribution in [-0.2, 0) is 23.6 Å². The van der Waals surface area contributed by atoms with Crippen molar-refractivity contribution in [3.05, 3.63) is 56.4 Å². The predicted molar refractivity (Wildman–Crippen MR) is 87.0 cm³/mol. The third-order valence-electron chi connectivity index (χ3n) is 3.72. The summed E-state index contributed by atoms with van der Waals surface area (Å²) in [4.78, 5) is 10.1. The van der Waals surface area contributed by atoms with Gasteiger partial charge in [0.25, 0.3) is 5.69 Å². The van der Waals surface area contributed by atoms with Gasteiger partial charge in [-0.3, -0.25) is 10.1 Å². The van der Waals surface area contributed by atoms with E-state index in [0.717, 1.165) is 17.5 Å². The van der Waals surface area contributed by atoms with Gasteiger partial charge in [0.15, 0.2) is 0 Å². The Bertz CT molecular complexity index is 874. The quantitative estimate of drug-likeness (QED) is 0.657. The second-order valence-electron chi connectivity index (χ2n) is 5.16. The number of benzene rings is 1. The summed E-state index contributed by atoms with van der Waals surface area (Å²) in [5.41, 5.74) is 1.67. The molecule has 0 aliphatic carbocycles. The average molecular weight is 358 g/mol. The normalized spacial score (nSPS) is 11.7. The zero-order valence-corrected chi connectivity index (χ0v) is 14.4. The summed E-state index contributed by atoms with van der Waals surface area (Å²) < 4.78 is 29.0. The van der Waals surface area contributed by atoms with E-state index >= 15 is 0 Å². The first-order chi connectivity index (χ1) is 10.6. The Hall–Kier alpha value is -1.90. The van der Waals surface area contributed by atoms with Crippen molar-refractivity contribution in [1.82, 2.24) is 9.29 Å². The first kappa shape index (κ1) is 17.5. The van der Waals surface area contributed by atoms with Gasteiger partial charge in [-0.1, -0.05) is 11.6 Å². The largest absolute Gasteiger partial charge is 0.351 e. The van der Waals surface area contributed by atoms with E-state index in [9.17, 15) is 18.5 Å². The molecule has 0 saturated carbocycles. The first-order valence-corrected chi connectivity index (χ1v) is 8.55. The molecular formula is C14H16ClN3O4S. The van der Waals surface area contributed by atoms with Gasteiger partial charge in [-0.2, -0.15) is 0 Å². The van der Waals surface area contributed by atoms with Crippen LogP contribution in [0.15, 0.2) is 29.2 Å². The number of hydrogen-bond donors (Lipinski definition) is 1. The highest BCUT2D eigenvalue weighted by Gasteiger charge is 2.22. The van der Waals surface area contributed by atoms with Crippen molar-refractivity contribution in [2.45, 2.75) is 25.3 Å². The van der Waals surface area contributed by atoms with Gasteiger partial charge in [-0.05, 0) is 32.0 Å². The van der Waals surface area contributed by atoms with Gasteiger partial charge in [0, 0.05) is 30.1 Å². The Labute approximate surface area is 139 Å². The second kappa shape index (κ2) is 6.31. The predicted octanol–water partition coefficient (Wildman–Crippen LogP) is 2.68. The molecule has 7 nitrogen and oxygen atoms in total. The average Bonchev–Trinajstić information content (AvgIpc) is 2.79. The minimum atomic E-state index is -3.91. The topological polar surface area (TPSA) is 94.2 Å². The van der Waals surface area contributed by atoms with Gasteiger partial charge < -0.3 is 4.57 Å². The van der Waals surface area contributed by atoms with Crippen LogP contribution in [0.4, 0.5) is 5.69 Å². The summed E-state index contributed by atoms with van der Waals surface area (Å²) in [6.07, 6.45) is 0. The van der Waals surface area contributed by atoms with Crippen LogP contribution in [0.3, 0.4) is 0 Å². The number of aryl methyl sites for hydroxylation is 1. The third kappa shape index (κ3) is 3.54. The monoisotopic (exact) mass is 357 g/mol. The Morgan fingerprint density at radius 2 is 1.96 bits per heavy atom. The van der Waals surface area contributed by atoms with Crippen LogP contribution in [0.2, 0.25) is 5.02 Å². The van der Waals surface area contributed by atoms with Crippen LogP contribution in [0.25, 0.3) is 0 Å². The smallest absolute Gasteiger partial charge is 0.275 e. The molecule has 124 valence electrons. The molecule has 0 saturated heterocycles. The molecular weight excluding hydrogens is 342 g/mol. The molecule has 0 radical (unpaired) electrons. The van der Waals surface area contributed by atoms with Crippen LogP contribution in [0.5, 0.6) is 0 Å². The lowest BCUT2D eigenvalue weighted by Crippen LogP contribution is -2.24. The fraction of sp³-hybridized carbons (Fsp3) is 0.286. The summed E-state index contributed by atoms with van der Waals surface area (Å²) in [6.45, 7) is 3.45. The Morgan fingerprint density at radius 1 is 1.30 bits per heavy atom. The minimum absolute atomic E-state index is 0.0364. The number of rotatable bonds is 5. The van der Waals surface area contributed by atoms with E-state index in [2.05, 4.69) is 4.72 Å². The van der Waals surface area contributed by atoms with E-state index in [1.165, 1.54) is 13.0 Å². The number of nitrogens with one attached hydrogen (secondary N) is 1. The molecule has 0 bridgehead atoms. The maximum absolute atomic E-state index is 12.4. The maximum Gasteiger partial charge on any atom is 0.275 e. The van der Waals surface area contributed by atoms with Gasteiger partial charge in [0.1, 0.15) is 0 Å². The standard InChI is InChI=1S/C14H16ClN3O4S/c1-9-4-5-11(17(9)3)8-16-23(21,22)12-6-13(15)10(2)14(7-12)18(19)20/h4-7,16H,8H2,1-3H3. The van der Waals surface area contributed by atoms with Crippen molar-refractivity contribution in [2.75, 3.05) is 0 Å². The van der Waals surface area contributed by atoms with E-state index in [1.807, 2.05) is 30.7 Å². The maximum atomic E-state index is 12.4. The number of sulfonamides is 1. The summed E-state index contributed by atoms with van der Waals surface area (Å²) in [6, 6.07) is 5.90. The summed E-state index contributed by atoms with van der Waals surface area (Å²) in [7, 11) is -2.09. The number of nitrogens with zero attached hydrogens (tertiary/aromatic N) is 2. The van der Waals surface area contributed by atoms with Crippen molar-refractivity contribution < 1.29 is 13.3 Å². The molecule has 1 aromatic carbocycles. The van der Waals surface area contributed by atoms with Crippen molar-refractivity contribution in [3.8, 4) is 0 Å². The molecule has 23 heavy (non-hydrogen) atoms. The minimum Gasteiger partial charge on any atom is -0.351 e. The van der Waals surface area contributed by atoms with Crippen LogP contribution >= 0.6 is 11.6 Å². The van der Waals surface area contributed by atoms with E-state index in [1.54, 1.807) is 0 Å². The number of hydrogen-bond acceptors (Lipinski definition) is 4. The van der Waals surface area contributed by atoms with Crippen LogP contribution in [-0.4, -0.2) is 17.9 Å². The number of nitro benzene ring substituents is 1. The zero-order valence-electron chi connectivity index (χ0n) is 12.8. The van der Waals surface area contributed by atoms with Gasteiger partial charge in [0.05, 0.1) is 21.4 Å². The molecule has 1 heterocycles. The van der Waals surface area contributed by atoms with Crippen molar-refractivity contribution in [1.29, 1.82) is 0 Å². The highest BCUT2D eigenvalue weighted by atomic mass is 35.5. The summed E-state index contributed by atoms with van der Waals surface area (Å²) in [5.74, 6) is 0. The van der Waals surface area contributed by atoms with Crippen LogP contribution < -0.4 is 4.72 Å². The molecule has 2 rings (SSSR count). The molecule has 0 spiro atoms. The Kier molecular flexibility index (Phi) is 4.79. The fourth-order valence-corrected chi connectivity index (χ4v) is 3.41. The fourth-order valence-electron chi connectivity index (χ4n) is 2.08. The zero-order chi connectivity index (χ0) is 17.4. The summed E-state index contributed by atoms with van der Waals surface area (Å²) >= 11 is 5.91. The molecule has 0 unspecified atom stereocenters. The lowest BCUT2D eigenvalue weighted by atomic mass is 10.2. The molecule has 1 N–H and O–H groups in total. The number of halogens is 1. The Morgan fingerprint density at radius 3 is 2.48 bits per heavy atom. The molecule has 0 aliphatic rings. The van der Waals surface area contributed by atoms with Crippen molar-refractivity contribution in [3.63, 3.8) is 0 Å². The highest BCUT2D eigenvalue weighted by molar-refractivity contribution is 7.89. The van der Waals surface area contributed by atoms with Gasteiger partial charge >= 0.3 is 0 Å². The molecule has 0 aliphatic heterocycles. The first-order valence-electron chi connectivity index (χ1n) is 6.69. The number of nitro groups is 1. The SMILES string of the molecule is Cc1c(Cl)cc(S(=O)(=O)NCc2ccc(C)n2C)cc1[N+](=O)[O-]. The third-order valence-corrected chi connectivity index (χ3v) is 5.49. The Balaban J connectivity index is 2.33.